The number of nitrogens with zero attached hydrogens (tertiary/aromatic N) is 2. The molecule has 0 unspecified atom stereocenters. The lowest BCUT2D eigenvalue weighted by atomic mass is 9.97. The van der Waals surface area contributed by atoms with E-state index < -0.39 is 0 Å². The third-order valence-electron chi connectivity index (χ3n) is 3.67. The number of nitrogens with one attached hydrogen (secondary N) is 1. The van der Waals surface area contributed by atoms with Crippen molar-refractivity contribution in [1.82, 2.24) is 14.6 Å². The summed E-state index contributed by atoms with van der Waals surface area (Å²) < 4.78 is 6.86. The Morgan fingerprint density at radius 1 is 1.32 bits per heavy atom. The van der Waals surface area contributed by atoms with Crippen molar-refractivity contribution in [2.75, 3.05) is 0 Å². The predicted octanol–water partition coefficient (Wildman–Crippen LogP) is 2.16. The third-order valence-corrected chi connectivity index (χ3v) is 3.67. The number of aromatic amines is 1. The van der Waals surface area contributed by atoms with Crippen LogP contribution in [0.5, 0.6) is 0 Å². The minimum Gasteiger partial charge on any atom is -0.463 e. The van der Waals surface area contributed by atoms with Gasteiger partial charge in [0, 0.05) is 11.6 Å². The van der Waals surface area contributed by atoms with Crippen LogP contribution in [0.15, 0.2) is 33.7 Å². The van der Waals surface area contributed by atoms with Gasteiger partial charge >= 0.3 is 0 Å². The van der Waals surface area contributed by atoms with Crippen LogP contribution in [0.25, 0.3) is 17.1 Å². The zero-order valence-electron chi connectivity index (χ0n) is 10.3. The number of H-pyrrole nitrogens is 1. The first-order valence-corrected chi connectivity index (χ1v) is 6.50. The number of aryl methyl sites for hydroxylation is 1. The van der Waals surface area contributed by atoms with E-state index in [0.29, 0.717) is 11.4 Å². The lowest BCUT2D eigenvalue weighted by Gasteiger charge is -2.13. The van der Waals surface area contributed by atoms with Crippen molar-refractivity contribution in [3.05, 3.63) is 46.1 Å². The molecule has 3 aromatic heterocycles. The zero-order valence-corrected chi connectivity index (χ0v) is 10.3. The van der Waals surface area contributed by atoms with Gasteiger partial charge < -0.3 is 4.42 Å². The average molecular weight is 255 g/mol. The van der Waals surface area contributed by atoms with Crippen molar-refractivity contribution in [2.45, 2.75) is 25.7 Å². The Morgan fingerprint density at radius 2 is 2.21 bits per heavy atom. The van der Waals surface area contributed by atoms with Crippen LogP contribution >= 0.6 is 0 Å². The molecule has 19 heavy (non-hydrogen) atoms. The molecule has 4 rings (SSSR count). The second-order valence-electron chi connectivity index (χ2n) is 4.89. The third kappa shape index (κ3) is 1.54. The molecule has 3 aromatic rings. The summed E-state index contributed by atoms with van der Waals surface area (Å²) in [6.45, 7) is 0. The molecular weight excluding hydrogens is 242 g/mol. The monoisotopic (exact) mass is 255 g/mol. The summed E-state index contributed by atoms with van der Waals surface area (Å²) in [5.74, 6) is 0.711. The van der Waals surface area contributed by atoms with Gasteiger partial charge in [0.15, 0.2) is 11.4 Å². The van der Waals surface area contributed by atoms with Gasteiger partial charge in [0.05, 0.1) is 12.0 Å². The molecule has 1 aliphatic carbocycles. The summed E-state index contributed by atoms with van der Waals surface area (Å²) in [7, 11) is 0. The van der Waals surface area contributed by atoms with Crippen molar-refractivity contribution in [3.8, 4) is 11.5 Å². The fourth-order valence-corrected chi connectivity index (χ4v) is 2.72. The van der Waals surface area contributed by atoms with E-state index in [-0.39, 0.29) is 5.56 Å². The summed E-state index contributed by atoms with van der Waals surface area (Å²) in [6.07, 6.45) is 5.54. The van der Waals surface area contributed by atoms with Gasteiger partial charge in [0.1, 0.15) is 5.69 Å². The standard InChI is InChI=1S/C14H13N3O2/c18-14-9-4-1-2-5-10(9)15-13-8-11(16-17(13)14)12-6-3-7-19-12/h3,6-8,16H,1-2,4-5H2. The topological polar surface area (TPSA) is 63.3 Å². The maximum atomic E-state index is 12.4. The summed E-state index contributed by atoms with van der Waals surface area (Å²) in [5.41, 5.74) is 3.28. The second-order valence-corrected chi connectivity index (χ2v) is 4.89. The minimum absolute atomic E-state index is 0.0255. The van der Waals surface area contributed by atoms with E-state index in [0.717, 1.165) is 42.6 Å². The first-order valence-electron chi connectivity index (χ1n) is 6.50. The number of rotatable bonds is 1. The summed E-state index contributed by atoms with van der Waals surface area (Å²) >= 11 is 0. The van der Waals surface area contributed by atoms with Gasteiger partial charge in [0.25, 0.3) is 5.56 Å². The molecule has 1 N–H and O–H groups in total. The number of aromatic nitrogens is 3. The number of fused-ring (bicyclic) bond motifs is 2. The van der Waals surface area contributed by atoms with Crippen molar-refractivity contribution in [2.24, 2.45) is 0 Å². The van der Waals surface area contributed by atoms with Crippen LogP contribution in [-0.2, 0) is 12.8 Å². The minimum atomic E-state index is 0.0255. The summed E-state index contributed by atoms with van der Waals surface area (Å²) in [5, 5.41) is 3.06. The Labute approximate surface area is 108 Å². The molecule has 0 aliphatic heterocycles. The largest absolute Gasteiger partial charge is 0.463 e. The summed E-state index contributed by atoms with van der Waals surface area (Å²) in [6, 6.07) is 5.53. The normalized spacial score (nSPS) is 14.7. The van der Waals surface area contributed by atoms with E-state index in [1.54, 1.807) is 6.26 Å². The van der Waals surface area contributed by atoms with E-state index in [1.807, 2.05) is 18.2 Å². The molecule has 5 heteroatoms. The highest BCUT2D eigenvalue weighted by atomic mass is 16.3. The Kier molecular flexibility index (Phi) is 2.15. The first-order chi connectivity index (χ1) is 9.33. The van der Waals surface area contributed by atoms with Crippen molar-refractivity contribution in [1.29, 1.82) is 0 Å². The van der Waals surface area contributed by atoms with Crippen molar-refractivity contribution >= 4 is 5.65 Å². The molecular formula is C14H13N3O2. The molecule has 0 fully saturated rings. The van der Waals surface area contributed by atoms with Gasteiger partial charge in [-0.3, -0.25) is 9.89 Å². The van der Waals surface area contributed by atoms with Crippen LogP contribution in [0.1, 0.15) is 24.1 Å². The molecule has 0 aromatic carbocycles. The molecule has 0 radical (unpaired) electrons. The van der Waals surface area contributed by atoms with Crippen LogP contribution in [0, 0.1) is 0 Å². The SMILES string of the molecule is O=c1c2c(nc3cc(-c4ccco4)[nH]n13)CCCC2. The first kappa shape index (κ1) is 10.6. The van der Waals surface area contributed by atoms with Crippen molar-refractivity contribution in [3.63, 3.8) is 0 Å². The fourth-order valence-electron chi connectivity index (χ4n) is 2.72. The van der Waals surface area contributed by atoms with Crippen LogP contribution in [0.2, 0.25) is 0 Å². The van der Waals surface area contributed by atoms with E-state index in [1.165, 1.54) is 4.52 Å². The molecule has 0 atom stereocenters. The highest BCUT2D eigenvalue weighted by Gasteiger charge is 2.18. The highest BCUT2D eigenvalue weighted by molar-refractivity contribution is 5.59. The molecule has 0 saturated carbocycles. The Bertz CT molecular complexity index is 796. The zero-order chi connectivity index (χ0) is 12.8. The van der Waals surface area contributed by atoms with Crippen LogP contribution in [0.4, 0.5) is 0 Å². The van der Waals surface area contributed by atoms with Gasteiger partial charge in [0.2, 0.25) is 0 Å². The van der Waals surface area contributed by atoms with Gasteiger partial charge in [-0.1, -0.05) is 0 Å². The Hall–Kier alpha value is -2.30. The number of hydrogen-bond acceptors (Lipinski definition) is 3. The van der Waals surface area contributed by atoms with Gasteiger partial charge in [-0.2, -0.15) is 0 Å². The lowest BCUT2D eigenvalue weighted by Crippen LogP contribution is -2.24. The predicted molar refractivity (Wildman–Crippen MR) is 70.2 cm³/mol. The van der Waals surface area contributed by atoms with Crippen LogP contribution in [-0.4, -0.2) is 14.6 Å². The van der Waals surface area contributed by atoms with E-state index in [9.17, 15) is 4.79 Å². The molecule has 3 heterocycles. The lowest BCUT2D eigenvalue weighted by molar-refractivity contribution is 0.579. The van der Waals surface area contributed by atoms with Crippen LogP contribution < -0.4 is 5.56 Å². The average Bonchev–Trinajstić information content (AvgIpc) is 3.07. The number of furan rings is 1. The molecule has 0 bridgehead atoms. The number of hydrogen-bond donors (Lipinski definition) is 1. The quantitative estimate of drug-likeness (QED) is 0.724. The molecule has 96 valence electrons. The van der Waals surface area contributed by atoms with Gasteiger partial charge in [-0.25, -0.2) is 9.50 Å². The Balaban J connectivity index is 1.99. The molecule has 0 saturated heterocycles. The molecule has 0 amide bonds. The summed E-state index contributed by atoms with van der Waals surface area (Å²) in [4.78, 5) is 17.0. The fraction of sp³-hybridized carbons (Fsp3) is 0.286. The van der Waals surface area contributed by atoms with Gasteiger partial charge in [-0.15, -0.1) is 0 Å². The second kappa shape index (κ2) is 3.85. The Morgan fingerprint density at radius 3 is 3.05 bits per heavy atom. The molecule has 0 spiro atoms. The molecule has 5 nitrogen and oxygen atoms in total. The maximum Gasteiger partial charge on any atom is 0.276 e. The maximum absolute atomic E-state index is 12.4. The van der Waals surface area contributed by atoms with Crippen molar-refractivity contribution < 1.29 is 4.42 Å². The highest BCUT2D eigenvalue weighted by Crippen LogP contribution is 2.21. The molecule has 1 aliphatic rings. The van der Waals surface area contributed by atoms with E-state index in [4.69, 9.17) is 4.42 Å². The van der Waals surface area contributed by atoms with E-state index >= 15 is 0 Å². The van der Waals surface area contributed by atoms with Crippen LogP contribution in [0.3, 0.4) is 0 Å². The van der Waals surface area contributed by atoms with E-state index in [2.05, 4.69) is 10.1 Å². The van der Waals surface area contributed by atoms with Gasteiger partial charge in [-0.05, 0) is 37.8 Å². The smallest absolute Gasteiger partial charge is 0.276 e.